The Kier molecular flexibility index (Phi) is 8.52. The number of hydrogen-bond acceptors (Lipinski definition) is 5. The van der Waals surface area contributed by atoms with E-state index >= 15 is 0 Å². The van der Waals surface area contributed by atoms with Crippen molar-refractivity contribution in [1.82, 2.24) is 24.2 Å². The highest BCUT2D eigenvalue weighted by atomic mass is 79.9. The lowest BCUT2D eigenvalue weighted by molar-refractivity contribution is 0.0189. The molecule has 0 radical (unpaired) electrons. The summed E-state index contributed by atoms with van der Waals surface area (Å²) in [5, 5.41) is 5.99. The number of carbonyl (C=O) groups excluding carboxylic acids is 1. The number of ether oxygens (including phenoxy) is 2. The van der Waals surface area contributed by atoms with E-state index in [1.165, 1.54) is 0 Å². The molecule has 11 heteroatoms. The molecule has 1 fully saturated rings. The monoisotopic (exact) mass is 613 g/mol. The van der Waals surface area contributed by atoms with Gasteiger partial charge in [0.05, 0.1) is 18.3 Å². The van der Waals surface area contributed by atoms with E-state index < -0.39 is 15.6 Å². The minimum Gasteiger partial charge on any atom is -0.444 e. The number of aromatic nitrogens is 4. The lowest BCUT2D eigenvalue weighted by atomic mass is 10.1. The fourth-order valence-corrected chi connectivity index (χ4v) is 5.60. The van der Waals surface area contributed by atoms with E-state index in [2.05, 4.69) is 55.5 Å². The zero-order valence-electron chi connectivity index (χ0n) is 22.5. The van der Waals surface area contributed by atoms with Crippen molar-refractivity contribution in [3.8, 4) is 11.1 Å². The maximum Gasteiger partial charge on any atom is 0.410 e. The number of pyridine rings is 1. The number of piperidine rings is 1. The summed E-state index contributed by atoms with van der Waals surface area (Å²) >= 11 is 10.2. The van der Waals surface area contributed by atoms with Crippen LogP contribution in [0.3, 0.4) is 0 Å². The molecule has 1 aliphatic heterocycles. The Balaban J connectivity index is 1.54. The minimum absolute atomic E-state index is 0.231. The van der Waals surface area contributed by atoms with Crippen molar-refractivity contribution in [3.63, 3.8) is 0 Å². The van der Waals surface area contributed by atoms with Gasteiger partial charge in [0.25, 0.3) is 0 Å². The lowest BCUT2D eigenvalue weighted by Gasteiger charge is -2.34. The first kappa shape index (κ1) is 28.3. The van der Waals surface area contributed by atoms with Crippen molar-refractivity contribution in [2.45, 2.75) is 52.0 Å². The van der Waals surface area contributed by atoms with Gasteiger partial charge in [-0.3, -0.25) is 0 Å². The molecule has 0 N–H and O–H groups in total. The fourth-order valence-electron chi connectivity index (χ4n) is 4.40. The first-order valence-corrected chi connectivity index (χ1v) is 16.6. The molecule has 3 aromatic rings. The molecule has 0 atom stereocenters. The maximum absolute atomic E-state index is 12.5. The molecule has 4 rings (SSSR count). The fraction of sp³-hybridized carbons (Fsp3) is 0.577. The highest BCUT2D eigenvalue weighted by Gasteiger charge is 2.29. The molecule has 4 heterocycles. The molecule has 1 amide bonds. The lowest BCUT2D eigenvalue weighted by Crippen LogP contribution is -2.42. The van der Waals surface area contributed by atoms with Gasteiger partial charge in [-0.1, -0.05) is 11.6 Å². The molecule has 0 aliphatic carbocycles. The smallest absolute Gasteiger partial charge is 0.410 e. The number of halogens is 2. The summed E-state index contributed by atoms with van der Waals surface area (Å²) < 4.78 is 16.2. The molecular formula is C26H37BrClN5O3S. The number of nitrogens with zero attached hydrogens (tertiary/aromatic N) is 5. The van der Waals surface area contributed by atoms with Gasteiger partial charge in [0, 0.05) is 53.8 Å². The zero-order chi connectivity index (χ0) is 27.0. The third kappa shape index (κ3) is 7.22. The van der Waals surface area contributed by atoms with Gasteiger partial charge in [-0.05, 0) is 74.4 Å². The number of carbonyl (C=O) groups is 1. The average molecular weight is 615 g/mol. The highest BCUT2D eigenvalue weighted by molar-refractivity contribution is 9.10. The molecule has 0 unspecified atom stereocenters. The van der Waals surface area contributed by atoms with Gasteiger partial charge in [-0.25, -0.2) is 24.5 Å². The average Bonchev–Trinajstić information content (AvgIpc) is 3.34. The van der Waals surface area contributed by atoms with Crippen molar-refractivity contribution in [2.75, 3.05) is 44.2 Å². The number of amides is 1. The predicted molar refractivity (Wildman–Crippen MR) is 156 cm³/mol. The first-order valence-electron chi connectivity index (χ1n) is 12.4. The molecule has 1 aliphatic rings. The maximum atomic E-state index is 12.5. The van der Waals surface area contributed by atoms with E-state index in [0.29, 0.717) is 31.6 Å². The summed E-state index contributed by atoms with van der Waals surface area (Å²) in [7, 11) is -0.600. The van der Waals surface area contributed by atoms with Crippen LogP contribution in [0.4, 0.5) is 4.79 Å². The van der Waals surface area contributed by atoms with E-state index in [1.54, 1.807) is 9.58 Å². The number of rotatable bonds is 7. The van der Waals surface area contributed by atoms with Crippen LogP contribution in [0.5, 0.6) is 0 Å². The van der Waals surface area contributed by atoms with Gasteiger partial charge in [0.1, 0.15) is 16.9 Å². The summed E-state index contributed by atoms with van der Waals surface area (Å²) in [5.74, 6) is 1.05. The Hall–Kier alpha value is -1.75. The summed E-state index contributed by atoms with van der Waals surface area (Å²) in [6.45, 7) is 8.02. The van der Waals surface area contributed by atoms with Crippen LogP contribution in [-0.2, 0) is 16.2 Å². The summed E-state index contributed by atoms with van der Waals surface area (Å²) in [6.07, 6.45) is 14.2. The van der Waals surface area contributed by atoms with E-state index in [-0.39, 0.29) is 12.1 Å². The molecule has 3 aromatic heterocycles. The van der Waals surface area contributed by atoms with Crippen LogP contribution in [-0.4, -0.2) is 80.1 Å². The van der Waals surface area contributed by atoms with Crippen LogP contribution < -0.4 is 0 Å². The molecule has 0 bridgehead atoms. The highest BCUT2D eigenvalue weighted by Crippen LogP contribution is 2.38. The van der Waals surface area contributed by atoms with Gasteiger partial charge >= 0.3 is 6.09 Å². The van der Waals surface area contributed by atoms with Gasteiger partial charge in [0.2, 0.25) is 0 Å². The molecule has 0 aromatic carbocycles. The second kappa shape index (κ2) is 11.2. The Morgan fingerprint density at radius 1 is 1.19 bits per heavy atom. The minimum atomic E-state index is -0.600. The van der Waals surface area contributed by atoms with Crippen LogP contribution in [0.15, 0.2) is 29.3 Å². The Morgan fingerprint density at radius 3 is 2.54 bits per heavy atom. The van der Waals surface area contributed by atoms with Crippen LogP contribution in [0, 0.1) is 0 Å². The number of likely N-dealkylation sites (tertiary alicyclic amines) is 1. The molecule has 0 saturated carbocycles. The molecule has 0 spiro atoms. The van der Waals surface area contributed by atoms with Gasteiger partial charge in [-0.15, -0.1) is 0 Å². The van der Waals surface area contributed by atoms with Gasteiger partial charge < -0.3 is 18.9 Å². The van der Waals surface area contributed by atoms with Crippen molar-refractivity contribution >= 4 is 54.6 Å². The third-order valence-electron chi connectivity index (χ3n) is 6.27. The SMILES string of the molecule is CC(C)(C)OC(=O)N1CCC(n2cc(-c3cn(COCCS(C)(C)C)nc3Cl)c3cc(Br)ncc32)CC1. The second-order valence-electron chi connectivity index (χ2n) is 11.4. The Bertz CT molecular complexity index is 1260. The van der Waals surface area contributed by atoms with E-state index in [4.69, 9.17) is 21.1 Å². The number of fused-ring (bicyclic) bond motifs is 1. The Labute approximate surface area is 234 Å². The molecule has 204 valence electrons. The molecular weight excluding hydrogens is 578 g/mol. The van der Waals surface area contributed by atoms with Crippen LogP contribution >= 0.6 is 37.6 Å². The number of hydrogen-bond donors (Lipinski definition) is 0. The van der Waals surface area contributed by atoms with Crippen LogP contribution in [0.1, 0.15) is 39.7 Å². The molecule has 1 saturated heterocycles. The van der Waals surface area contributed by atoms with Crippen LogP contribution in [0.2, 0.25) is 5.15 Å². The quantitative estimate of drug-likeness (QED) is 0.223. The zero-order valence-corrected chi connectivity index (χ0v) is 25.6. The second-order valence-corrected chi connectivity index (χ2v) is 17.1. The molecule has 37 heavy (non-hydrogen) atoms. The predicted octanol–water partition coefficient (Wildman–Crippen LogP) is 6.56. The Morgan fingerprint density at radius 2 is 1.89 bits per heavy atom. The topological polar surface area (TPSA) is 74.4 Å². The van der Waals surface area contributed by atoms with E-state index in [1.807, 2.05) is 39.2 Å². The van der Waals surface area contributed by atoms with Crippen molar-refractivity contribution in [2.24, 2.45) is 0 Å². The van der Waals surface area contributed by atoms with E-state index in [9.17, 15) is 4.79 Å². The third-order valence-corrected chi connectivity index (χ3v) is 8.37. The van der Waals surface area contributed by atoms with E-state index in [0.717, 1.165) is 45.2 Å². The van der Waals surface area contributed by atoms with Crippen LogP contribution in [0.25, 0.3) is 22.0 Å². The van der Waals surface area contributed by atoms with Crippen molar-refractivity contribution in [3.05, 3.63) is 34.4 Å². The summed E-state index contributed by atoms with van der Waals surface area (Å²) in [6, 6.07) is 2.25. The normalized spacial score (nSPS) is 15.9. The summed E-state index contributed by atoms with van der Waals surface area (Å²) in [5.41, 5.74) is 2.39. The largest absolute Gasteiger partial charge is 0.444 e. The van der Waals surface area contributed by atoms with Gasteiger partial charge in [-0.2, -0.15) is 5.10 Å². The summed E-state index contributed by atoms with van der Waals surface area (Å²) in [4.78, 5) is 18.8. The molecule has 8 nitrogen and oxygen atoms in total. The van der Waals surface area contributed by atoms with Crippen molar-refractivity contribution < 1.29 is 14.3 Å². The van der Waals surface area contributed by atoms with Gasteiger partial charge in [0.15, 0.2) is 5.15 Å². The first-order chi connectivity index (χ1) is 17.3. The standard InChI is InChI=1S/C26H37BrClN5O3S/c1-26(2,3)36-25(34)31-9-7-18(8-10-31)33-16-20(19-13-23(27)29-14-22(19)33)21-15-32(30-24(21)28)17-35-11-12-37(4,5)6/h13-16,18H,7-12,17H2,1-6H3. The van der Waals surface area contributed by atoms with Crippen molar-refractivity contribution in [1.29, 1.82) is 0 Å².